The highest BCUT2D eigenvalue weighted by molar-refractivity contribution is 14.1. The maximum Gasteiger partial charge on any atom is 0.0942 e. The van der Waals surface area contributed by atoms with Crippen LogP contribution in [0.1, 0.15) is 30.9 Å². The molecule has 2 rings (SSSR count). The van der Waals surface area contributed by atoms with E-state index in [2.05, 4.69) is 27.9 Å². The summed E-state index contributed by atoms with van der Waals surface area (Å²) in [5.41, 5.74) is 1.02. The number of benzene rings is 1. The molecular weight excluding hydrogens is 301 g/mol. The van der Waals surface area contributed by atoms with Crippen molar-refractivity contribution in [3.63, 3.8) is 0 Å². The molecule has 2 unspecified atom stereocenters. The first-order chi connectivity index (χ1) is 7.27. The van der Waals surface area contributed by atoms with Crippen molar-refractivity contribution in [3.05, 3.63) is 33.4 Å². The van der Waals surface area contributed by atoms with Gasteiger partial charge in [-0.3, -0.25) is 0 Å². The van der Waals surface area contributed by atoms with Crippen molar-refractivity contribution < 1.29 is 5.11 Å². The molecule has 0 aromatic heterocycles. The Kier molecular flexibility index (Phi) is 3.99. The molecule has 1 heterocycles. The van der Waals surface area contributed by atoms with E-state index >= 15 is 0 Å². The highest BCUT2D eigenvalue weighted by Gasteiger charge is 2.22. The van der Waals surface area contributed by atoms with Crippen molar-refractivity contribution in [2.45, 2.75) is 31.4 Å². The predicted molar refractivity (Wildman–Crippen MR) is 69.8 cm³/mol. The van der Waals surface area contributed by atoms with Gasteiger partial charge in [0.2, 0.25) is 0 Å². The Morgan fingerprint density at radius 3 is 2.60 bits per heavy atom. The van der Waals surface area contributed by atoms with Gasteiger partial charge in [-0.2, -0.15) is 0 Å². The van der Waals surface area contributed by atoms with E-state index in [4.69, 9.17) is 0 Å². The fourth-order valence-corrected chi connectivity index (χ4v) is 2.40. The Hall–Kier alpha value is -0.130. The number of hydrogen-bond acceptors (Lipinski definition) is 2. The van der Waals surface area contributed by atoms with Crippen molar-refractivity contribution in [2.75, 3.05) is 6.54 Å². The molecule has 1 fully saturated rings. The minimum absolute atomic E-state index is 0.235. The number of nitrogens with one attached hydrogen (secondary N) is 1. The summed E-state index contributed by atoms with van der Waals surface area (Å²) in [4.78, 5) is 0. The van der Waals surface area contributed by atoms with Gasteiger partial charge in [-0.15, -0.1) is 0 Å². The first kappa shape index (κ1) is 11.4. The minimum atomic E-state index is -0.359. The number of aliphatic hydroxyl groups is 1. The standard InChI is InChI=1S/C12H16INO/c13-10-6-4-9(5-7-10)12(15)11-3-1-2-8-14-11/h4-7,11-12,14-15H,1-3,8H2. The minimum Gasteiger partial charge on any atom is -0.387 e. The Bertz CT molecular complexity index is 306. The van der Waals surface area contributed by atoms with Crippen LogP contribution in [-0.4, -0.2) is 17.7 Å². The summed E-state index contributed by atoms with van der Waals surface area (Å²) in [6.07, 6.45) is 3.17. The average molecular weight is 317 g/mol. The molecule has 2 N–H and O–H groups in total. The van der Waals surface area contributed by atoms with E-state index in [0.29, 0.717) is 0 Å². The van der Waals surface area contributed by atoms with E-state index in [1.807, 2.05) is 24.3 Å². The molecule has 2 atom stereocenters. The average Bonchev–Trinajstić information content (AvgIpc) is 2.30. The van der Waals surface area contributed by atoms with Gasteiger partial charge in [0.1, 0.15) is 0 Å². The summed E-state index contributed by atoms with van der Waals surface area (Å²) < 4.78 is 1.21. The normalized spacial score (nSPS) is 23.7. The second-order valence-electron chi connectivity index (χ2n) is 4.05. The molecule has 0 spiro atoms. The molecule has 1 aromatic carbocycles. The third kappa shape index (κ3) is 2.92. The fourth-order valence-electron chi connectivity index (χ4n) is 2.04. The van der Waals surface area contributed by atoms with Gasteiger partial charge in [-0.05, 0) is 59.7 Å². The maximum atomic E-state index is 10.2. The second-order valence-corrected chi connectivity index (χ2v) is 5.30. The topological polar surface area (TPSA) is 32.3 Å². The van der Waals surface area contributed by atoms with Crippen molar-refractivity contribution in [2.24, 2.45) is 0 Å². The lowest BCUT2D eigenvalue weighted by Gasteiger charge is -2.28. The molecule has 82 valence electrons. The van der Waals surface area contributed by atoms with Crippen LogP contribution in [0.4, 0.5) is 0 Å². The molecule has 1 aliphatic heterocycles. The van der Waals surface area contributed by atoms with Gasteiger partial charge < -0.3 is 10.4 Å². The quantitative estimate of drug-likeness (QED) is 0.822. The van der Waals surface area contributed by atoms with E-state index in [-0.39, 0.29) is 12.1 Å². The van der Waals surface area contributed by atoms with Gasteiger partial charge in [0.05, 0.1) is 6.10 Å². The Labute approximate surface area is 104 Å². The summed E-state index contributed by atoms with van der Waals surface area (Å²) in [5, 5.41) is 13.6. The fraction of sp³-hybridized carbons (Fsp3) is 0.500. The summed E-state index contributed by atoms with van der Waals surface area (Å²) in [6.45, 7) is 1.03. The zero-order chi connectivity index (χ0) is 10.7. The van der Waals surface area contributed by atoms with E-state index < -0.39 is 0 Å². The van der Waals surface area contributed by atoms with Gasteiger partial charge in [0.15, 0.2) is 0 Å². The number of halogens is 1. The van der Waals surface area contributed by atoms with Crippen molar-refractivity contribution in [1.29, 1.82) is 0 Å². The Morgan fingerprint density at radius 2 is 2.00 bits per heavy atom. The van der Waals surface area contributed by atoms with E-state index in [9.17, 15) is 5.11 Å². The lowest BCUT2D eigenvalue weighted by Crippen LogP contribution is -2.38. The molecule has 1 aromatic rings. The molecule has 0 aliphatic carbocycles. The van der Waals surface area contributed by atoms with Gasteiger partial charge >= 0.3 is 0 Å². The third-order valence-corrected chi connectivity index (χ3v) is 3.66. The molecule has 0 amide bonds. The molecule has 1 saturated heterocycles. The molecule has 0 saturated carbocycles. The predicted octanol–water partition coefficient (Wildman–Crippen LogP) is 2.47. The first-order valence-corrected chi connectivity index (χ1v) is 6.52. The molecule has 2 nitrogen and oxygen atoms in total. The number of aliphatic hydroxyl groups excluding tert-OH is 1. The van der Waals surface area contributed by atoms with Crippen molar-refractivity contribution in [3.8, 4) is 0 Å². The summed E-state index contributed by atoms with van der Waals surface area (Å²) in [7, 11) is 0. The molecule has 0 radical (unpaired) electrons. The molecule has 0 bridgehead atoms. The molecule has 3 heteroatoms. The van der Waals surface area contributed by atoms with Crippen LogP contribution in [0, 0.1) is 3.57 Å². The highest BCUT2D eigenvalue weighted by Crippen LogP contribution is 2.23. The number of piperidine rings is 1. The number of hydrogen-bond donors (Lipinski definition) is 2. The van der Waals surface area contributed by atoms with Gasteiger partial charge in [-0.25, -0.2) is 0 Å². The summed E-state index contributed by atoms with van der Waals surface area (Å²) >= 11 is 2.28. The lowest BCUT2D eigenvalue weighted by atomic mass is 9.95. The smallest absolute Gasteiger partial charge is 0.0942 e. The first-order valence-electron chi connectivity index (χ1n) is 5.44. The van der Waals surface area contributed by atoms with E-state index in [1.165, 1.54) is 16.4 Å². The van der Waals surface area contributed by atoms with Crippen molar-refractivity contribution in [1.82, 2.24) is 5.32 Å². The zero-order valence-corrected chi connectivity index (χ0v) is 10.8. The SMILES string of the molecule is OC(c1ccc(I)cc1)C1CCCCN1. The second kappa shape index (κ2) is 5.27. The van der Waals surface area contributed by atoms with Crippen LogP contribution >= 0.6 is 22.6 Å². The monoisotopic (exact) mass is 317 g/mol. The highest BCUT2D eigenvalue weighted by atomic mass is 127. The van der Waals surface area contributed by atoms with Crippen LogP contribution in [0.25, 0.3) is 0 Å². The maximum absolute atomic E-state index is 10.2. The van der Waals surface area contributed by atoms with Crippen LogP contribution < -0.4 is 5.32 Å². The van der Waals surface area contributed by atoms with Gasteiger partial charge in [0.25, 0.3) is 0 Å². The summed E-state index contributed by atoms with van der Waals surface area (Å²) in [5.74, 6) is 0. The Morgan fingerprint density at radius 1 is 1.27 bits per heavy atom. The van der Waals surface area contributed by atoms with Crippen LogP contribution in [0.2, 0.25) is 0 Å². The number of rotatable bonds is 2. The molecule has 1 aliphatic rings. The Balaban J connectivity index is 2.05. The van der Waals surface area contributed by atoms with Crippen LogP contribution in [0.15, 0.2) is 24.3 Å². The molecular formula is C12H16INO. The van der Waals surface area contributed by atoms with Crippen LogP contribution in [-0.2, 0) is 0 Å². The van der Waals surface area contributed by atoms with Gasteiger partial charge in [-0.1, -0.05) is 18.6 Å². The van der Waals surface area contributed by atoms with Crippen LogP contribution in [0.3, 0.4) is 0 Å². The van der Waals surface area contributed by atoms with E-state index in [0.717, 1.165) is 18.5 Å². The lowest BCUT2D eigenvalue weighted by molar-refractivity contribution is 0.114. The van der Waals surface area contributed by atoms with E-state index in [1.54, 1.807) is 0 Å². The third-order valence-electron chi connectivity index (χ3n) is 2.94. The zero-order valence-electron chi connectivity index (χ0n) is 8.62. The largest absolute Gasteiger partial charge is 0.387 e. The van der Waals surface area contributed by atoms with Crippen LogP contribution in [0.5, 0.6) is 0 Å². The summed E-state index contributed by atoms with van der Waals surface area (Å²) in [6, 6.07) is 8.36. The molecule has 15 heavy (non-hydrogen) atoms. The van der Waals surface area contributed by atoms with Crippen molar-refractivity contribution >= 4 is 22.6 Å². The van der Waals surface area contributed by atoms with Gasteiger partial charge in [0, 0.05) is 9.61 Å².